The second-order valence-electron chi connectivity index (χ2n) is 4.70. The molecule has 7 heteroatoms. The highest BCUT2D eigenvalue weighted by Gasteiger charge is 2.29. The lowest BCUT2D eigenvalue weighted by Crippen LogP contribution is -2.17. The first-order chi connectivity index (χ1) is 8.75. The van der Waals surface area contributed by atoms with Crippen LogP contribution in [0, 0.1) is 26.1 Å². The lowest BCUT2D eigenvalue weighted by atomic mass is 9.85. The van der Waals surface area contributed by atoms with Gasteiger partial charge in [0.05, 0.1) is 15.9 Å². The van der Waals surface area contributed by atoms with E-state index in [1.807, 2.05) is 20.8 Å². The highest BCUT2D eigenvalue weighted by molar-refractivity contribution is 9.09. The van der Waals surface area contributed by atoms with E-state index in [0.717, 1.165) is 6.07 Å². The molecule has 2 unspecified atom stereocenters. The fourth-order valence-corrected chi connectivity index (χ4v) is 3.12. The summed E-state index contributed by atoms with van der Waals surface area (Å²) in [4.78, 5) is 20.7. The van der Waals surface area contributed by atoms with Crippen molar-refractivity contribution in [2.24, 2.45) is 5.92 Å². The molecule has 0 fully saturated rings. The smallest absolute Gasteiger partial charge is 0.258 e. The molecular formula is C12H15BrN2O4. The molecule has 2 atom stereocenters. The van der Waals surface area contributed by atoms with Crippen molar-refractivity contribution in [1.29, 1.82) is 0 Å². The Bertz CT molecular complexity index is 495. The maximum Gasteiger partial charge on any atom is 0.279 e. The fraction of sp³-hybridized carbons (Fsp3) is 0.500. The standard InChI is InChI=1S/C12H15BrN2O4/c1-7(2)12(8(3)13)10-5-4-9(14(16)17)6-11(10)15(18)19/h4-8,12H,1-3H3. The minimum Gasteiger partial charge on any atom is -0.258 e. The van der Waals surface area contributed by atoms with Crippen LogP contribution in [-0.4, -0.2) is 14.7 Å². The third kappa shape index (κ3) is 3.50. The molecule has 104 valence electrons. The Morgan fingerprint density at radius 2 is 1.68 bits per heavy atom. The summed E-state index contributed by atoms with van der Waals surface area (Å²) in [6.45, 7) is 5.84. The molecule has 0 spiro atoms. The van der Waals surface area contributed by atoms with Crippen molar-refractivity contribution in [2.75, 3.05) is 0 Å². The van der Waals surface area contributed by atoms with Gasteiger partial charge < -0.3 is 0 Å². The molecule has 1 rings (SSSR count). The zero-order valence-corrected chi connectivity index (χ0v) is 12.5. The molecule has 0 aromatic heterocycles. The summed E-state index contributed by atoms with van der Waals surface area (Å²) < 4.78 is 0. The molecule has 6 nitrogen and oxygen atoms in total. The summed E-state index contributed by atoms with van der Waals surface area (Å²) in [6, 6.07) is 3.83. The van der Waals surface area contributed by atoms with Gasteiger partial charge in [-0.15, -0.1) is 0 Å². The number of alkyl halides is 1. The number of hydrogen-bond acceptors (Lipinski definition) is 4. The summed E-state index contributed by atoms with van der Waals surface area (Å²) in [5, 5.41) is 21.8. The molecule has 19 heavy (non-hydrogen) atoms. The first-order valence-electron chi connectivity index (χ1n) is 5.82. The number of non-ortho nitro benzene ring substituents is 1. The number of halogens is 1. The zero-order chi connectivity index (χ0) is 14.7. The predicted molar refractivity (Wildman–Crippen MR) is 75.7 cm³/mol. The summed E-state index contributed by atoms with van der Waals surface area (Å²) in [5.41, 5.74) is 0.0642. The number of nitro groups is 2. The fourth-order valence-electron chi connectivity index (χ4n) is 2.22. The predicted octanol–water partition coefficient (Wildman–Crippen LogP) is 4.03. The first-order valence-corrected chi connectivity index (χ1v) is 6.74. The normalized spacial score (nSPS) is 14.2. The minimum absolute atomic E-state index is 0.0349. The van der Waals surface area contributed by atoms with Crippen LogP contribution in [-0.2, 0) is 0 Å². The van der Waals surface area contributed by atoms with Crippen LogP contribution in [0.4, 0.5) is 11.4 Å². The molecule has 0 heterocycles. The van der Waals surface area contributed by atoms with E-state index < -0.39 is 9.85 Å². The van der Waals surface area contributed by atoms with E-state index >= 15 is 0 Å². The van der Waals surface area contributed by atoms with Gasteiger partial charge in [0.15, 0.2) is 0 Å². The molecule has 0 amide bonds. The zero-order valence-electron chi connectivity index (χ0n) is 10.9. The van der Waals surface area contributed by atoms with E-state index in [0.29, 0.717) is 5.56 Å². The highest BCUT2D eigenvalue weighted by atomic mass is 79.9. The van der Waals surface area contributed by atoms with Crippen molar-refractivity contribution >= 4 is 27.3 Å². The summed E-state index contributed by atoms with van der Waals surface area (Å²) in [5.74, 6) is 0.0933. The van der Waals surface area contributed by atoms with E-state index in [1.165, 1.54) is 12.1 Å². The Hall–Kier alpha value is -1.50. The van der Waals surface area contributed by atoms with Crippen LogP contribution < -0.4 is 0 Å². The van der Waals surface area contributed by atoms with Gasteiger partial charge in [-0.05, 0) is 12.0 Å². The Labute approximate surface area is 119 Å². The van der Waals surface area contributed by atoms with Gasteiger partial charge in [-0.3, -0.25) is 20.2 Å². The SMILES string of the molecule is CC(C)C(c1ccc([N+](=O)[O-])cc1[N+](=O)[O-])C(C)Br. The number of benzene rings is 1. The van der Waals surface area contributed by atoms with E-state index in [1.54, 1.807) is 0 Å². The van der Waals surface area contributed by atoms with Gasteiger partial charge in [0.2, 0.25) is 0 Å². The molecule has 1 aromatic carbocycles. The third-order valence-corrected chi connectivity index (χ3v) is 3.56. The molecule has 1 aromatic rings. The monoisotopic (exact) mass is 330 g/mol. The van der Waals surface area contributed by atoms with Gasteiger partial charge in [-0.1, -0.05) is 36.7 Å². The largest absolute Gasteiger partial charge is 0.279 e. The lowest BCUT2D eigenvalue weighted by molar-refractivity contribution is -0.394. The summed E-state index contributed by atoms with van der Waals surface area (Å²) >= 11 is 3.45. The van der Waals surface area contributed by atoms with Gasteiger partial charge in [-0.25, -0.2) is 0 Å². The second-order valence-corrected chi connectivity index (χ2v) is 6.15. The minimum atomic E-state index is -0.626. The summed E-state index contributed by atoms with van der Waals surface area (Å²) in [7, 11) is 0. The van der Waals surface area contributed by atoms with E-state index in [9.17, 15) is 20.2 Å². The maximum atomic E-state index is 11.1. The van der Waals surface area contributed by atoms with Crippen LogP contribution in [0.3, 0.4) is 0 Å². The van der Waals surface area contributed by atoms with Crippen molar-refractivity contribution in [3.05, 3.63) is 44.0 Å². The molecule has 0 aliphatic heterocycles. The Balaban J connectivity index is 3.41. The quantitative estimate of drug-likeness (QED) is 0.463. The molecule has 0 N–H and O–H groups in total. The Kier molecular flexibility index (Phi) is 4.99. The van der Waals surface area contributed by atoms with Crippen molar-refractivity contribution in [1.82, 2.24) is 0 Å². The number of rotatable bonds is 5. The van der Waals surface area contributed by atoms with Crippen LogP contribution in [0.1, 0.15) is 32.3 Å². The molecule has 0 bridgehead atoms. The molecule has 0 radical (unpaired) electrons. The molecular weight excluding hydrogens is 316 g/mol. The van der Waals surface area contributed by atoms with Crippen LogP contribution in [0.2, 0.25) is 0 Å². The number of nitrogens with zero attached hydrogens (tertiary/aromatic N) is 2. The first kappa shape index (κ1) is 15.6. The van der Waals surface area contributed by atoms with Crippen molar-refractivity contribution in [3.63, 3.8) is 0 Å². The van der Waals surface area contributed by atoms with Crippen LogP contribution in [0.25, 0.3) is 0 Å². The van der Waals surface area contributed by atoms with Crippen molar-refractivity contribution in [3.8, 4) is 0 Å². The van der Waals surface area contributed by atoms with Crippen LogP contribution in [0.15, 0.2) is 18.2 Å². The Morgan fingerprint density at radius 1 is 1.11 bits per heavy atom. The molecule has 0 saturated heterocycles. The average Bonchev–Trinajstić information content (AvgIpc) is 2.27. The molecule has 0 aliphatic rings. The Morgan fingerprint density at radius 3 is 2.05 bits per heavy atom. The molecule has 0 aliphatic carbocycles. The van der Waals surface area contributed by atoms with Crippen LogP contribution >= 0.6 is 15.9 Å². The van der Waals surface area contributed by atoms with E-state index in [-0.39, 0.29) is 28.0 Å². The summed E-state index contributed by atoms with van der Waals surface area (Å²) in [6.07, 6.45) is 0. The third-order valence-electron chi connectivity index (χ3n) is 2.99. The lowest BCUT2D eigenvalue weighted by Gasteiger charge is -2.23. The van der Waals surface area contributed by atoms with Gasteiger partial charge in [0, 0.05) is 22.4 Å². The van der Waals surface area contributed by atoms with E-state index in [4.69, 9.17) is 0 Å². The van der Waals surface area contributed by atoms with Crippen molar-refractivity contribution in [2.45, 2.75) is 31.5 Å². The molecule has 0 saturated carbocycles. The number of nitro benzene ring substituents is 2. The average molecular weight is 331 g/mol. The highest BCUT2D eigenvalue weighted by Crippen LogP contribution is 2.38. The van der Waals surface area contributed by atoms with Gasteiger partial charge >= 0.3 is 0 Å². The maximum absolute atomic E-state index is 11.1. The van der Waals surface area contributed by atoms with Crippen LogP contribution in [0.5, 0.6) is 0 Å². The van der Waals surface area contributed by atoms with Crippen molar-refractivity contribution < 1.29 is 9.85 Å². The van der Waals surface area contributed by atoms with Gasteiger partial charge in [-0.2, -0.15) is 0 Å². The second kappa shape index (κ2) is 6.10. The topological polar surface area (TPSA) is 86.3 Å². The van der Waals surface area contributed by atoms with E-state index in [2.05, 4.69) is 15.9 Å². The van der Waals surface area contributed by atoms with Gasteiger partial charge in [0.25, 0.3) is 11.4 Å². The van der Waals surface area contributed by atoms with Gasteiger partial charge in [0.1, 0.15) is 0 Å². The number of hydrogen-bond donors (Lipinski definition) is 0.